The van der Waals surface area contributed by atoms with Crippen LogP contribution in [0.3, 0.4) is 0 Å². The zero-order valence-corrected chi connectivity index (χ0v) is 11.2. The van der Waals surface area contributed by atoms with Crippen molar-refractivity contribution in [3.8, 4) is 5.75 Å². The van der Waals surface area contributed by atoms with E-state index in [1.54, 1.807) is 19.2 Å². The van der Waals surface area contributed by atoms with Crippen LogP contribution >= 0.6 is 34.8 Å². The van der Waals surface area contributed by atoms with Crippen molar-refractivity contribution in [2.75, 3.05) is 20.3 Å². The highest BCUT2D eigenvalue weighted by Gasteiger charge is 2.09. The molecule has 5 heteroatoms. The van der Waals surface area contributed by atoms with E-state index in [9.17, 15) is 0 Å². The summed E-state index contributed by atoms with van der Waals surface area (Å²) in [5, 5.41) is 1.05. The van der Waals surface area contributed by atoms with Crippen LogP contribution in [-0.4, -0.2) is 20.3 Å². The van der Waals surface area contributed by atoms with Gasteiger partial charge in [0.05, 0.1) is 17.5 Å². The van der Waals surface area contributed by atoms with E-state index in [1.165, 1.54) is 0 Å². The number of hydrogen-bond acceptors (Lipinski definition) is 2. The number of alkyl halides is 1. The van der Waals surface area contributed by atoms with Crippen LogP contribution in [0.5, 0.6) is 5.75 Å². The molecule has 0 spiro atoms. The highest BCUT2D eigenvalue weighted by molar-refractivity contribution is 6.35. The zero-order valence-electron chi connectivity index (χ0n) is 8.93. The van der Waals surface area contributed by atoms with E-state index in [2.05, 4.69) is 0 Å². The van der Waals surface area contributed by atoms with E-state index in [0.717, 1.165) is 12.0 Å². The van der Waals surface area contributed by atoms with Gasteiger partial charge in [-0.15, -0.1) is 11.6 Å². The van der Waals surface area contributed by atoms with Gasteiger partial charge in [0.15, 0.2) is 0 Å². The zero-order chi connectivity index (χ0) is 12.0. The van der Waals surface area contributed by atoms with Gasteiger partial charge in [-0.1, -0.05) is 23.2 Å². The molecule has 1 aromatic rings. The second kappa shape index (κ2) is 7.23. The number of rotatable bonds is 6. The lowest BCUT2D eigenvalue weighted by atomic mass is 10.2. The third-order valence-corrected chi connectivity index (χ3v) is 2.76. The van der Waals surface area contributed by atoms with E-state index in [0.29, 0.717) is 34.9 Å². The first-order chi connectivity index (χ1) is 7.69. The molecule has 0 aliphatic carbocycles. The van der Waals surface area contributed by atoms with Gasteiger partial charge in [0.1, 0.15) is 5.75 Å². The molecule has 16 heavy (non-hydrogen) atoms. The number of halogens is 3. The van der Waals surface area contributed by atoms with E-state index in [-0.39, 0.29) is 0 Å². The Morgan fingerprint density at radius 1 is 1.19 bits per heavy atom. The molecule has 1 rings (SSSR count). The van der Waals surface area contributed by atoms with Gasteiger partial charge < -0.3 is 9.47 Å². The average Bonchev–Trinajstić information content (AvgIpc) is 2.26. The minimum absolute atomic E-state index is 0.319. The summed E-state index contributed by atoms with van der Waals surface area (Å²) in [7, 11) is 1.65. The second-order valence-electron chi connectivity index (χ2n) is 3.20. The molecular weight excluding hydrogens is 270 g/mol. The molecule has 2 nitrogen and oxygen atoms in total. The fraction of sp³-hybridized carbons (Fsp3) is 0.455. The minimum Gasteiger partial charge on any atom is -0.492 e. The largest absolute Gasteiger partial charge is 0.492 e. The van der Waals surface area contributed by atoms with Crippen molar-refractivity contribution < 1.29 is 9.47 Å². The predicted molar refractivity (Wildman–Crippen MR) is 68.0 cm³/mol. The van der Waals surface area contributed by atoms with Crippen LogP contribution in [0.1, 0.15) is 12.0 Å². The first-order valence-corrected chi connectivity index (χ1v) is 6.13. The fourth-order valence-electron chi connectivity index (χ4n) is 1.25. The van der Waals surface area contributed by atoms with Gasteiger partial charge in [-0.05, 0) is 12.1 Å². The molecule has 0 bridgehead atoms. The van der Waals surface area contributed by atoms with Crippen LogP contribution < -0.4 is 4.74 Å². The Hall–Kier alpha value is -0.150. The Morgan fingerprint density at radius 3 is 2.56 bits per heavy atom. The summed E-state index contributed by atoms with van der Waals surface area (Å²) in [6.45, 7) is 1.19. The highest BCUT2D eigenvalue weighted by Crippen LogP contribution is 2.33. The molecule has 0 saturated carbocycles. The molecule has 0 aromatic heterocycles. The maximum absolute atomic E-state index is 6.03. The lowest BCUT2D eigenvalue weighted by Gasteiger charge is -2.12. The van der Waals surface area contributed by atoms with Gasteiger partial charge in [-0.3, -0.25) is 0 Å². The third kappa shape index (κ3) is 4.02. The quantitative estimate of drug-likeness (QED) is 0.577. The van der Waals surface area contributed by atoms with Crippen molar-refractivity contribution >= 4 is 34.8 Å². The molecule has 0 aliphatic rings. The van der Waals surface area contributed by atoms with E-state index in [4.69, 9.17) is 44.3 Å². The summed E-state index contributed by atoms with van der Waals surface area (Å²) >= 11 is 17.7. The fourth-order valence-corrected chi connectivity index (χ4v) is 2.04. The Labute approximate surface area is 110 Å². The molecule has 1 aromatic carbocycles. The van der Waals surface area contributed by atoms with E-state index in [1.807, 2.05) is 0 Å². The molecular formula is C11H13Cl3O2. The molecule has 0 amide bonds. The average molecular weight is 284 g/mol. The van der Waals surface area contributed by atoms with Crippen LogP contribution in [0, 0.1) is 0 Å². The maximum Gasteiger partial charge on any atom is 0.142 e. The standard InChI is InChI=1S/C11H13Cl3O2/c1-15-3-2-4-16-11-8(7-12)5-9(13)6-10(11)14/h5-6H,2-4,7H2,1H3. The Kier molecular flexibility index (Phi) is 6.29. The summed E-state index contributed by atoms with van der Waals surface area (Å²) in [5.74, 6) is 0.928. The highest BCUT2D eigenvalue weighted by atomic mass is 35.5. The Bertz CT molecular complexity index is 342. The number of benzene rings is 1. The second-order valence-corrected chi connectivity index (χ2v) is 4.32. The van der Waals surface area contributed by atoms with E-state index < -0.39 is 0 Å². The monoisotopic (exact) mass is 282 g/mol. The van der Waals surface area contributed by atoms with Crippen molar-refractivity contribution in [1.29, 1.82) is 0 Å². The van der Waals surface area contributed by atoms with Gasteiger partial charge in [-0.25, -0.2) is 0 Å². The molecule has 0 fully saturated rings. The SMILES string of the molecule is COCCCOc1c(Cl)cc(Cl)cc1CCl. The first kappa shape index (κ1) is 13.9. The molecule has 0 atom stereocenters. The van der Waals surface area contributed by atoms with Crippen molar-refractivity contribution in [2.45, 2.75) is 12.3 Å². The molecule has 0 heterocycles. The topological polar surface area (TPSA) is 18.5 Å². The van der Waals surface area contributed by atoms with E-state index >= 15 is 0 Å². The van der Waals surface area contributed by atoms with Crippen LogP contribution in [-0.2, 0) is 10.6 Å². The lowest BCUT2D eigenvalue weighted by molar-refractivity contribution is 0.172. The van der Waals surface area contributed by atoms with Crippen molar-refractivity contribution in [3.63, 3.8) is 0 Å². The maximum atomic E-state index is 6.03. The summed E-state index contributed by atoms with van der Waals surface area (Å²) in [5.41, 5.74) is 0.802. The van der Waals surface area contributed by atoms with Crippen LogP contribution in [0.4, 0.5) is 0 Å². The van der Waals surface area contributed by atoms with Gasteiger partial charge in [0, 0.05) is 30.7 Å². The van der Waals surface area contributed by atoms with Crippen LogP contribution in [0.2, 0.25) is 10.0 Å². The third-order valence-electron chi connectivity index (χ3n) is 1.97. The summed E-state index contributed by atoms with van der Waals surface area (Å²) in [6, 6.07) is 3.40. The summed E-state index contributed by atoms with van der Waals surface area (Å²) in [4.78, 5) is 0. The number of hydrogen-bond donors (Lipinski definition) is 0. The normalized spacial score (nSPS) is 10.5. The molecule has 0 unspecified atom stereocenters. The van der Waals surface area contributed by atoms with Gasteiger partial charge in [0.25, 0.3) is 0 Å². The van der Waals surface area contributed by atoms with Gasteiger partial charge in [-0.2, -0.15) is 0 Å². The smallest absolute Gasteiger partial charge is 0.142 e. The minimum atomic E-state index is 0.319. The predicted octanol–water partition coefficient (Wildman–Crippen LogP) is 4.15. The van der Waals surface area contributed by atoms with Crippen molar-refractivity contribution in [2.24, 2.45) is 0 Å². The molecule has 0 aliphatic heterocycles. The molecule has 0 radical (unpaired) electrons. The van der Waals surface area contributed by atoms with Gasteiger partial charge >= 0.3 is 0 Å². The lowest BCUT2D eigenvalue weighted by Crippen LogP contribution is -2.03. The summed E-state index contributed by atoms with van der Waals surface area (Å²) < 4.78 is 10.5. The summed E-state index contributed by atoms with van der Waals surface area (Å²) in [6.07, 6.45) is 0.803. The van der Waals surface area contributed by atoms with Crippen molar-refractivity contribution in [1.82, 2.24) is 0 Å². The number of methoxy groups -OCH3 is 1. The van der Waals surface area contributed by atoms with Crippen LogP contribution in [0.15, 0.2) is 12.1 Å². The first-order valence-electron chi connectivity index (χ1n) is 4.84. The number of ether oxygens (including phenoxy) is 2. The van der Waals surface area contributed by atoms with Crippen molar-refractivity contribution in [3.05, 3.63) is 27.7 Å². The van der Waals surface area contributed by atoms with Crippen LogP contribution in [0.25, 0.3) is 0 Å². The van der Waals surface area contributed by atoms with Gasteiger partial charge in [0.2, 0.25) is 0 Å². The Balaban J connectivity index is 2.70. The molecule has 0 saturated heterocycles. The molecule has 0 N–H and O–H groups in total. The molecule has 90 valence electrons. The Morgan fingerprint density at radius 2 is 1.94 bits per heavy atom.